The standard InChI is InChI=1S/C18H22N4O3/c23-17(21-9-11-25-12-10-21)14-4-7-20(8-5-14)18(24)15-13-22-6-2-1-3-16(22)19-15/h1-3,6,13-14H,4-5,7-12H2. The zero-order chi connectivity index (χ0) is 17.2. The summed E-state index contributed by atoms with van der Waals surface area (Å²) in [5, 5.41) is 0. The van der Waals surface area contributed by atoms with Crippen LogP contribution < -0.4 is 0 Å². The van der Waals surface area contributed by atoms with Crippen molar-refractivity contribution in [3.05, 3.63) is 36.3 Å². The molecule has 0 aromatic carbocycles. The summed E-state index contributed by atoms with van der Waals surface area (Å²) in [5.41, 5.74) is 1.23. The van der Waals surface area contributed by atoms with Crippen LogP contribution in [0.25, 0.3) is 5.65 Å². The Balaban J connectivity index is 1.37. The van der Waals surface area contributed by atoms with E-state index in [-0.39, 0.29) is 17.7 Å². The third kappa shape index (κ3) is 3.24. The van der Waals surface area contributed by atoms with Crippen molar-refractivity contribution < 1.29 is 14.3 Å². The van der Waals surface area contributed by atoms with Crippen molar-refractivity contribution in [1.82, 2.24) is 19.2 Å². The van der Waals surface area contributed by atoms with Gasteiger partial charge in [-0.3, -0.25) is 9.59 Å². The van der Waals surface area contributed by atoms with Gasteiger partial charge in [-0.05, 0) is 25.0 Å². The predicted molar refractivity (Wildman–Crippen MR) is 91.2 cm³/mol. The Hall–Kier alpha value is -2.41. The molecule has 7 nitrogen and oxygen atoms in total. The Kier molecular flexibility index (Phi) is 4.40. The van der Waals surface area contributed by atoms with Gasteiger partial charge in [0.25, 0.3) is 5.91 Å². The zero-order valence-corrected chi connectivity index (χ0v) is 14.1. The van der Waals surface area contributed by atoms with Gasteiger partial charge in [-0.1, -0.05) is 6.07 Å². The lowest BCUT2D eigenvalue weighted by Gasteiger charge is -2.35. The molecular weight excluding hydrogens is 320 g/mol. The summed E-state index contributed by atoms with van der Waals surface area (Å²) in [4.78, 5) is 33.4. The molecule has 2 aromatic rings. The average molecular weight is 342 g/mol. The summed E-state index contributed by atoms with van der Waals surface area (Å²) >= 11 is 0. The number of aromatic nitrogens is 2. The number of amides is 2. The first-order valence-corrected chi connectivity index (χ1v) is 8.82. The van der Waals surface area contributed by atoms with Crippen molar-refractivity contribution in [3.63, 3.8) is 0 Å². The highest BCUT2D eigenvalue weighted by atomic mass is 16.5. The van der Waals surface area contributed by atoms with E-state index in [1.807, 2.05) is 38.6 Å². The Morgan fingerprint density at radius 1 is 1.04 bits per heavy atom. The summed E-state index contributed by atoms with van der Waals surface area (Å²) < 4.78 is 7.15. The number of imidazole rings is 1. The van der Waals surface area contributed by atoms with E-state index in [1.54, 1.807) is 6.20 Å². The number of carbonyl (C=O) groups excluding carboxylic acids is 2. The molecule has 4 heterocycles. The molecule has 2 aromatic heterocycles. The number of morpholine rings is 1. The second kappa shape index (κ2) is 6.84. The summed E-state index contributed by atoms with van der Waals surface area (Å²) in [5.74, 6) is 0.173. The molecule has 0 saturated carbocycles. The van der Waals surface area contributed by atoms with Crippen LogP contribution in [0.3, 0.4) is 0 Å². The molecule has 25 heavy (non-hydrogen) atoms. The quantitative estimate of drug-likeness (QED) is 0.818. The van der Waals surface area contributed by atoms with Crippen LogP contribution in [0.4, 0.5) is 0 Å². The Morgan fingerprint density at radius 2 is 1.80 bits per heavy atom. The van der Waals surface area contributed by atoms with Crippen molar-refractivity contribution in [2.45, 2.75) is 12.8 Å². The maximum Gasteiger partial charge on any atom is 0.274 e. The second-order valence-electron chi connectivity index (χ2n) is 6.60. The number of ether oxygens (including phenoxy) is 1. The van der Waals surface area contributed by atoms with Gasteiger partial charge in [-0.15, -0.1) is 0 Å². The SMILES string of the molecule is O=C(c1cn2ccccc2n1)N1CCC(C(=O)N2CCOCC2)CC1. The van der Waals surface area contributed by atoms with Crippen LogP contribution in [-0.4, -0.2) is 70.4 Å². The lowest BCUT2D eigenvalue weighted by Crippen LogP contribution is -2.47. The molecule has 0 atom stereocenters. The number of carbonyl (C=O) groups is 2. The summed E-state index contributed by atoms with van der Waals surface area (Å²) in [6, 6.07) is 5.69. The van der Waals surface area contributed by atoms with E-state index in [4.69, 9.17) is 4.74 Å². The van der Waals surface area contributed by atoms with Crippen LogP contribution in [0, 0.1) is 5.92 Å². The number of pyridine rings is 1. The fourth-order valence-electron chi connectivity index (χ4n) is 3.57. The second-order valence-corrected chi connectivity index (χ2v) is 6.60. The smallest absolute Gasteiger partial charge is 0.274 e. The third-order valence-electron chi connectivity index (χ3n) is 5.04. The molecular formula is C18H22N4O3. The highest BCUT2D eigenvalue weighted by Gasteiger charge is 2.31. The predicted octanol–water partition coefficient (Wildman–Crippen LogP) is 1.05. The molecule has 7 heteroatoms. The summed E-state index contributed by atoms with van der Waals surface area (Å²) in [6.07, 6.45) is 5.08. The van der Waals surface area contributed by atoms with Crippen LogP contribution in [0.15, 0.2) is 30.6 Å². The number of hydrogen-bond donors (Lipinski definition) is 0. The number of fused-ring (bicyclic) bond motifs is 1. The summed E-state index contributed by atoms with van der Waals surface area (Å²) in [6.45, 7) is 3.81. The Bertz CT molecular complexity index is 740. The van der Waals surface area contributed by atoms with Crippen LogP contribution in [0.5, 0.6) is 0 Å². The van der Waals surface area contributed by atoms with Crippen LogP contribution in [0.2, 0.25) is 0 Å². The van der Waals surface area contributed by atoms with E-state index in [9.17, 15) is 9.59 Å². The number of hydrogen-bond acceptors (Lipinski definition) is 4. The molecule has 0 unspecified atom stereocenters. The van der Waals surface area contributed by atoms with Crippen molar-refractivity contribution in [2.24, 2.45) is 5.92 Å². The molecule has 2 aliphatic rings. The maximum atomic E-state index is 12.7. The molecule has 0 bridgehead atoms. The monoisotopic (exact) mass is 342 g/mol. The maximum absolute atomic E-state index is 12.7. The molecule has 2 fully saturated rings. The fraction of sp³-hybridized carbons (Fsp3) is 0.500. The largest absolute Gasteiger partial charge is 0.378 e. The van der Waals surface area contributed by atoms with Crippen molar-refractivity contribution >= 4 is 17.5 Å². The van der Waals surface area contributed by atoms with Gasteiger partial charge < -0.3 is 18.9 Å². The Labute approximate surface area is 146 Å². The van der Waals surface area contributed by atoms with Gasteiger partial charge in [0.1, 0.15) is 11.3 Å². The minimum Gasteiger partial charge on any atom is -0.378 e. The van der Waals surface area contributed by atoms with Gasteiger partial charge in [0.15, 0.2) is 0 Å². The van der Waals surface area contributed by atoms with Gasteiger partial charge in [-0.25, -0.2) is 4.98 Å². The van der Waals surface area contributed by atoms with Gasteiger partial charge in [0.2, 0.25) is 5.91 Å². The molecule has 0 radical (unpaired) electrons. The van der Waals surface area contributed by atoms with Crippen LogP contribution in [0.1, 0.15) is 23.3 Å². The first-order chi connectivity index (χ1) is 12.2. The summed E-state index contributed by atoms with van der Waals surface area (Å²) in [7, 11) is 0. The van der Waals surface area contributed by atoms with E-state index in [2.05, 4.69) is 4.98 Å². The molecule has 2 aliphatic heterocycles. The van der Waals surface area contributed by atoms with Crippen molar-refractivity contribution in [1.29, 1.82) is 0 Å². The van der Waals surface area contributed by atoms with Gasteiger partial charge >= 0.3 is 0 Å². The lowest BCUT2D eigenvalue weighted by atomic mass is 9.95. The van der Waals surface area contributed by atoms with E-state index >= 15 is 0 Å². The minimum atomic E-state index is -0.0547. The molecule has 4 rings (SSSR count). The lowest BCUT2D eigenvalue weighted by molar-refractivity contribution is -0.141. The zero-order valence-electron chi connectivity index (χ0n) is 14.1. The average Bonchev–Trinajstić information content (AvgIpc) is 3.12. The number of nitrogens with zero attached hydrogens (tertiary/aromatic N) is 4. The van der Waals surface area contributed by atoms with Crippen molar-refractivity contribution in [3.8, 4) is 0 Å². The van der Waals surface area contributed by atoms with Gasteiger partial charge in [0.05, 0.1) is 13.2 Å². The molecule has 0 spiro atoms. The Morgan fingerprint density at radius 3 is 2.52 bits per heavy atom. The highest BCUT2D eigenvalue weighted by molar-refractivity contribution is 5.93. The van der Waals surface area contributed by atoms with E-state index in [1.165, 1.54) is 0 Å². The van der Waals surface area contributed by atoms with E-state index in [0.29, 0.717) is 45.1 Å². The van der Waals surface area contributed by atoms with E-state index < -0.39 is 0 Å². The van der Waals surface area contributed by atoms with Crippen LogP contribution in [-0.2, 0) is 9.53 Å². The molecule has 0 N–H and O–H groups in total. The van der Waals surface area contributed by atoms with E-state index in [0.717, 1.165) is 18.5 Å². The van der Waals surface area contributed by atoms with Crippen LogP contribution >= 0.6 is 0 Å². The molecule has 2 amide bonds. The fourth-order valence-corrected chi connectivity index (χ4v) is 3.57. The number of rotatable bonds is 2. The molecule has 2 saturated heterocycles. The molecule has 132 valence electrons. The topological polar surface area (TPSA) is 67.2 Å². The highest BCUT2D eigenvalue weighted by Crippen LogP contribution is 2.21. The first-order valence-electron chi connectivity index (χ1n) is 8.82. The number of piperidine rings is 1. The first kappa shape index (κ1) is 16.1. The normalized spacial score (nSPS) is 19.4. The third-order valence-corrected chi connectivity index (χ3v) is 5.04. The van der Waals surface area contributed by atoms with Gasteiger partial charge in [-0.2, -0.15) is 0 Å². The minimum absolute atomic E-state index is 0.0169. The molecule has 0 aliphatic carbocycles. The van der Waals surface area contributed by atoms with Gasteiger partial charge in [0, 0.05) is 44.5 Å². The number of likely N-dealkylation sites (tertiary alicyclic amines) is 1. The van der Waals surface area contributed by atoms with Crippen molar-refractivity contribution in [2.75, 3.05) is 39.4 Å².